The number of benzene rings is 7. The maximum absolute atomic E-state index is 6.30. The molecule has 0 amide bonds. The SMILES string of the molecule is C1=CCCC(c2nc(-c3ccccc3)nc(-c3ccccc3)c2-c2ccc(-c3ccc(-c4nc5ccccc5c5c4ccc4oc(-c6ccccc6)nc45)cc3)cc2)=C1. The van der Waals surface area contributed by atoms with Gasteiger partial charge in [-0.3, -0.25) is 0 Å². The fourth-order valence-corrected chi connectivity index (χ4v) is 8.29. The van der Waals surface area contributed by atoms with Crippen molar-refractivity contribution < 1.29 is 4.42 Å². The molecule has 0 radical (unpaired) electrons. The van der Waals surface area contributed by atoms with Crippen LogP contribution in [0.15, 0.2) is 199 Å². The summed E-state index contributed by atoms with van der Waals surface area (Å²) < 4.78 is 6.30. The van der Waals surface area contributed by atoms with Crippen LogP contribution < -0.4 is 0 Å². The van der Waals surface area contributed by atoms with Crippen molar-refractivity contribution in [2.24, 2.45) is 0 Å². The lowest BCUT2D eigenvalue weighted by atomic mass is 9.90. The predicted octanol–water partition coefficient (Wildman–Crippen LogP) is 14.1. The topological polar surface area (TPSA) is 64.7 Å². The molecule has 0 N–H and O–H groups in total. The number of pyridine rings is 1. The Labute approximate surface area is 341 Å². The third-order valence-corrected chi connectivity index (χ3v) is 11.2. The Hall–Kier alpha value is -7.76. The first-order valence-electron chi connectivity index (χ1n) is 20.0. The molecule has 7 aromatic carbocycles. The Morgan fingerprint density at radius 2 is 1.02 bits per heavy atom. The molecule has 3 heterocycles. The quantitative estimate of drug-likeness (QED) is 0.152. The Balaban J connectivity index is 0.994. The predicted molar refractivity (Wildman–Crippen MR) is 241 cm³/mol. The number of allylic oxidation sites excluding steroid dienone is 4. The van der Waals surface area contributed by atoms with Crippen molar-refractivity contribution in [2.45, 2.75) is 12.8 Å². The van der Waals surface area contributed by atoms with E-state index in [1.54, 1.807) is 0 Å². The third kappa shape index (κ3) is 6.30. The lowest BCUT2D eigenvalue weighted by Gasteiger charge is -2.19. The molecular weight excluding hydrogens is 721 g/mol. The molecule has 5 nitrogen and oxygen atoms in total. The van der Waals surface area contributed by atoms with Crippen LogP contribution in [-0.2, 0) is 0 Å². The summed E-state index contributed by atoms with van der Waals surface area (Å²) in [4.78, 5) is 20.8. The van der Waals surface area contributed by atoms with Gasteiger partial charge in [-0.05, 0) is 65.4 Å². The summed E-state index contributed by atoms with van der Waals surface area (Å²) >= 11 is 0. The van der Waals surface area contributed by atoms with E-state index in [-0.39, 0.29) is 0 Å². The van der Waals surface area contributed by atoms with Gasteiger partial charge in [0.15, 0.2) is 11.4 Å². The van der Waals surface area contributed by atoms with Gasteiger partial charge < -0.3 is 4.42 Å². The Morgan fingerprint density at radius 1 is 0.424 bits per heavy atom. The molecule has 278 valence electrons. The highest BCUT2D eigenvalue weighted by Gasteiger charge is 2.22. The maximum atomic E-state index is 6.30. The molecule has 1 aliphatic rings. The minimum absolute atomic E-state index is 0.610. The van der Waals surface area contributed by atoms with Crippen LogP contribution in [0.1, 0.15) is 18.5 Å². The van der Waals surface area contributed by atoms with E-state index in [4.69, 9.17) is 24.4 Å². The summed E-state index contributed by atoms with van der Waals surface area (Å²) in [6, 6.07) is 60.8. The van der Waals surface area contributed by atoms with E-state index in [2.05, 4.69) is 127 Å². The van der Waals surface area contributed by atoms with Crippen molar-refractivity contribution in [1.29, 1.82) is 0 Å². The van der Waals surface area contributed by atoms with E-state index < -0.39 is 0 Å². The first-order valence-corrected chi connectivity index (χ1v) is 20.0. The average molecular weight is 757 g/mol. The lowest BCUT2D eigenvalue weighted by molar-refractivity contribution is 0.620. The fraction of sp³-hybridized carbons (Fsp3) is 0.0370. The molecule has 3 aromatic heterocycles. The lowest BCUT2D eigenvalue weighted by Crippen LogP contribution is -2.04. The standard InChI is InChI=1S/C54H36N4O/c1-5-15-38(16-6-1)50-47(51(39-17-7-2-8-18-39)57-53(56-50)41-19-9-3-10-20-41)37-29-25-35(26-30-37)36-27-31-40(32-28-36)49-44-33-34-46-52(48(44)43-23-13-14-24-45(43)55-49)58-54(59-46)42-21-11-4-12-22-42/h1-7,9-17,19-34H,8,18H2. The zero-order valence-corrected chi connectivity index (χ0v) is 32.1. The second-order valence-electron chi connectivity index (χ2n) is 14.9. The number of hydrogen-bond donors (Lipinski definition) is 0. The highest BCUT2D eigenvalue weighted by Crippen LogP contribution is 2.42. The minimum atomic E-state index is 0.610. The van der Waals surface area contributed by atoms with Gasteiger partial charge in [0.1, 0.15) is 5.52 Å². The summed E-state index contributed by atoms with van der Waals surface area (Å²) in [6.45, 7) is 0. The number of rotatable bonds is 7. The number of fused-ring (bicyclic) bond motifs is 5. The van der Waals surface area contributed by atoms with Gasteiger partial charge in [-0.2, -0.15) is 0 Å². The summed E-state index contributed by atoms with van der Waals surface area (Å²) in [7, 11) is 0. The molecular formula is C54H36N4O. The summed E-state index contributed by atoms with van der Waals surface area (Å²) in [5.74, 6) is 1.34. The molecule has 59 heavy (non-hydrogen) atoms. The third-order valence-electron chi connectivity index (χ3n) is 11.2. The van der Waals surface area contributed by atoms with Crippen LogP contribution in [0.3, 0.4) is 0 Å². The first kappa shape index (κ1) is 34.5. The second-order valence-corrected chi connectivity index (χ2v) is 14.9. The molecule has 11 rings (SSSR count). The molecule has 0 spiro atoms. The van der Waals surface area contributed by atoms with E-state index >= 15 is 0 Å². The molecule has 0 saturated heterocycles. The molecule has 0 atom stereocenters. The highest BCUT2D eigenvalue weighted by molar-refractivity contribution is 6.20. The van der Waals surface area contributed by atoms with Crippen molar-refractivity contribution in [3.05, 3.63) is 200 Å². The van der Waals surface area contributed by atoms with Gasteiger partial charge in [-0.25, -0.2) is 19.9 Å². The van der Waals surface area contributed by atoms with E-state index in [9.17, 15) is 0 Å². The van der Waals surface area contributed by atoms with Crippen LogP contribution in [0.25, 0.3) is 106 Å². The minimum Gasteiger partial charge on any atom is -0.436 e. The number of nitrogens with zero attached hydrogens (tertiary/aromatic N) is 4. The Bertz CT molecular complexity index is 3220. The zero-order chi connectivity index (χ0) is 39.1. The number of para-hydroxylation sites is 1. The van der Waals surface area contributed by atoms with Crippen molar-refractivity contribution in [2.75, 3.05) is 0 Å². The highest BCUT2D eigenvalue weighted by atomic mass is 16.3. The van der Waals surface area contributed by atoms with E-state index in [1.165, 1.54) is 5.57 Å². The first-order chi connectivity index (χ1) is 29.2. The Morgan fingerprint density at radius 3 is 1.71 bits per heavy atom. The number of hydrogen-bond acceptors (Lipinski definition) is 5. The van der Waals surface area contributed by atoms with Crippen molar-refractivity contribution in [1.82, 2.24) is 19.9 Å². The maximum Gasteiger partial charge on any atom is 0.227 e. The Kier molecular flexibility index (Phi) is 8.55. The summed E-state index contributed by atoms with van der Waals surface area (Å²) in [5.41, 5.74) is 15.0. The molecule has 10 aromatic rings. The molecule has 0 saturated carbocycles. The van der Waals surface area contributed by atoms with Crippen molar-refractivity contribution in [3.8, 4) is 67.6 Å². The molecule has 0 aliphatic heterocycles. The fourth-order valence-electron chi connectivity index (χ4n) is 8.29. The largest absolute Gasteiger partial charge is 0.436 e. The van der Waals surface area contributed by atoms with E-state index in [0.717, 1.165) is 113 Å². The number of aromatic nitrogens is 4. The average Bonchev–Trinajstić information content (AvgIpc) is 3.77. The summed E-state index contributed by atoms with van der Waals surface area (Å²) in [5, 5.41) is 3.13. The molecule has 0 unspecified atom stereocenters. The number of oxazole rings is 1. The molecule has 0 bridgehead atoms. The van der Waals surface area contributed by atoms with Crippen LogP contribution in [0.5, 0.6) is 0 Å². The van der Waals surface area contributed by atoms with Gasteiger partial charge >= 0.3 is 0 Å². The normalized spacial score (nSPS) is 12.6. The monoisotopic (exact) mass is 756 g/mol. The van der Waals surface area contributed by atoms with Gasteiger partial charge in [0.2, 0.25) is 5.89 Å². The van der Waals surface area contributed by atoms with Gasteiger partial charge in [-0.1, -0.05) is 164 Å². The molecule has 0 fully saturated rings. The van der Waals surface area contributed by atoms with Crippen LogP contribution in [0.2, 0.25) is 0 Å². The van der Waals surface area contributed by atoms with Crippen LogP contribution in [-0.4, -0.2) is 19.9 Å². The van der Waals surface area contributed by atoms with Crippen LogP contribution >= 0.6 is 0 Å². The van der Waals surface area contributed by atoms with E-state index in [1.807, 2.05) is 66.7 Å². The smallest absolute Gasteiger partial charge is 0.227 e. The van der Waals surface area contributed by atoms with Crippen molar-refractivity contribution >= 4 is 38.3 Å². The van der Waals surface area contributed by atoms with E-state index in [0.29, 0.717) is 5.89 Å². The zero-order valence-electron chi connectivity index (χ0n) is 32.1. The van der Waals surface area contributed by atoms with Gasteiger partial charge in [0, 0.05) is 44.0 Å². The van der Waals surface area contributed by atoms with Gasteiger partial charge in [-0.15, -0.1) is 0 Å². The molecule has 1 aliphatic carbocycles. The van der Waals surface area contributed by atoms with Crippen LogP contribution in [0, 0.1) is 0 Å². The molecule has 5 heteroatoms. The van der Waals surface area contributed by atoms with Gasteiger partial charge in [0.25, 0.3) is 0 Å². The van der Waals surface area contributed by atoms with Crippen molar-refractivity contribution in [3.63, 3.8) is 0 Å². The summed E-state index contributed by atoms with van der Waals surface area (Å²) in [6.07, 6.45) is 8.48. The van der Waals surface area contributed by atoms with Gasteiger partial charge in [0.05, 0.1) is 22.6 Å². The second kappa shape index (κ2) is 14.6. The van der Waals surface area contributed by atoms with Crippen LogP contribution in [0.4, 0.5) is 0 Å².